The van der Waals surface area contributed by atoms with Crippen LogP contribution >= 0.6 is 0 Å². The fraction of sp³-hybridized carbons (Fsp3) is 0.562. The summed E-state index contributed by atoms with van der Waals surface area (Å²) in [5, 5.41) is 2.72. The molecule has 1 fully saturated rings. The van der Waals surface area contributed by atoms with E-state index in [0.29, 0.717) is 19.4 Å². The van der Waals surface area contributed by atoms with Crippen LogP contribution in [0.15, 0.2) is 23.3 Å². The first-order valence-corrected chi connectivity index (χ1v) is 7.61. The lowest BCUT2D eigenvalue weighted by Crippen LogP contribution is -2.52. The maximum Gasteiger partial charge on any atom is 0.325 e. The molecule has 3 atom stereocenters. The van der Waals surface area contributed by atoms with Crippen molar-refractivity contribution in [3.05, 3.63) is 23.3 Å². The number of Topliss-reactive ketones (excluding diaryl/α,β-unsaturated/α-hetero) is 1. The molecule has 22 heavy (non-hydrogen) atoms. The number of esters is 1. The number of nitrogens with zero attached hydrogens (tertiary/aromatic N) is 1. The highest BCUT2D eigenvalue weighted by Gasteiger charge is 2.48. The number of carbonyl (C=O) groups is 3. The van der Waals surface area contributed by atoms with Gasteiger partial charge in [-0.1, -0.05) is 12.2 Å². The number of ketones is 1. The lowest BCUT2D eigenvalue weighted by atomic mass is 9.84. The van der Waals surface area contributed by atoms with E-state index in [1.165, 1.54) is 6.92 Å². The summed E-state index contributed by atoms with van der Waals surface area (Å²) in [4.78, 5) is 36.8. The predicted molar refractivity (Wildman–Crippen MR) is 78.7 cm³/mol. The fourth-order valence-electron chi connectivity index (χ4n) is 3.48. The van der Waals surface area contributed by atoms with Crippen molar-refractivity contribution < 1.29 is 19.1 Å². The second kappa shape index (κ2) is 5.68. The lowest BCUT2D eigenvalue weighted by Gasteiger charge is -2.39. The van der Waals surface area contributed by atoms with Crippen molar-refractivity contribution >= 4 is 17.7 Å². The summed E-state index contributed by atoms with van der Waals surface area (Å²) in [6, 6.07) is -0.202. The Morgan fingerprint density at radius 2 is 2.14 bits per heavy atom. The summed E-state index contributed by atoms with van der Waals surface area (Å²) in [5.41, 5.74) is 1.92. The molecule has 0 aromatic carbocycles. The summed E-state index contributed by atoms with van der Waals surface area (Å²) in [7, 11) is 0. The maximum absolute atomic E-state index is 12.0. The monoisotopic (exact) mass is 304 g/mol. The van der Waals surface area contributed by atoms with Gasteiger partial charge in [0.1, 0.15) is 6.04 Å². The number of fused-ring (bicyclic) bond motifs is 3. The van der Waals surface area contributed by atoms with Gasteiger partial charge in [0.15, 0.2) is 12.0 Å². The van der Waals surface area contributed by atoms with Crippen LogP contribution in [0.25, 0.3) is 0 Å². The lowest BCUT2D eigenvalue weighted by molar-refractivity contribution is -0.143. The minimum atomic E-state index is -0.428. The molecule has 3 aliphatic rings. The van der Waals surface area contributed by atoms with E-state index in [1.54, 1.807) is 6.92 Å². The van der Waals surface area contributed by atoms with Crippen LogP contribution in [0.3, 0.4) is 0 Å². The Bertz CT molecular complexity index is 593. The Kier molecular flexibility index (Phi) is 3.87. The minimum Gasteiger partial charge on any atom is -0.443 e. The topological polar surface area (TPSA) is 75.7 Å². The number of nitrogens with one attached hydrogen (secondary N) is 1. The van der Waals surface area contributed by atoms with Crippen molar-refractivity contribution in [3.63, 3.8) is 0 Å². The Hall–Kier alpha value is -1.95. The zero-order valence-electron chi connectivity index (χ0n) is 12.8. The van der Waals surface area contributed by atoms with Crippen molar-refractivity contribution in [3.8, 4) is 0 Å². The third-order valence-electron chi connectivity index (χ3n) is 4.54. The van der Waals surface area contributed by atoms with E-state index in [-0.39, 0.29) is 29.7 Å². The molecule has 0 spiro atoms. The number of rotatable bonds is 3. The first-order chi connectivity index (χ1) is 10.5. The normalized spacial score (nSPS) is 30.6. The molecule has 3 rings (SSSR count). The summed E-state index contributed by atoms with van der Waals surface area (Å²) in [6.45, 7) is 3.32. The smallest absolute Gasteiger partial charge is 0.325 e. The summed E-state index contributed by atoms with van der Waals surface area (Å²) >= 11 is 0. The third kappa shape index (κ3) is 2.59. The molecule has 6 nitrogen and oxygen atoms in total. The number of hydrogen-bond donors (Lipinski definition) is 1. The van der Waals surface area contributed by atoms with E-state index in [9.17, 15) is 14.4 Å². The molecule has 0 saturated carbocycles. The van der Waals surface area contributed by atoms with Crippen LogP contribution in [0.4, 0.5) is 0 Å². The minimum absolute atomic E-state index is 0.0760. The second-order valence-electron chi connectivity index (χ2n) is 6.01. The second-order valence-corrected chi connectivity index (χ2v) is 6.01. The summed E-state index contributed by atoms with van der Waals surface area (Å²) < 4.78 is 5.43. The van der Waals surface area contributed by atoms with Gasteiger partial charge in [-0.15, -0.1) is 0 Å². The Balaban J connectivity index is 1.84. The number of cyclic esters (lactones) is 1. The molecule has 1 amide bonds. The average molecular weight is 304 g/mol. The Labute approximate surface area is 129 Å². The molecule has 1 aliphatic carbocycles. The molecule has 118 valence electrons. The van der Waals surface area contributed by atoms with Crippen molar-refractivity contribution in [1.82, 2.24) is 10.2 Å². The van der Waals surface area contributed by atoms with Gasteiger partial charge in [0.25, 0.3) is 0 Å². The molecule has 1 saturated heterocycles. The third-order valence-corrected chi connectivity index (χ3v) is 4.54. The molecule has 2 aliphatic heterocycles. The highest BCUT2D eigenvalue weighted by molar-refractivity contribution is 5.94. The first-order valence-electron chi connectivity index (χ1n) is 7.61. The van der Waals surface area contributed by atoms with Gasteiger partial charge in [0, 0.05) is 13.0 Å². The molecule has 0 bridgehead atoms. The largest absolute Gasteiger partial charge is 0.443 e. The zero-order valence-corrected chi connectivity index (χ0v) is 12.8. The van der Waals surface area contributed by atoms with E-state index >= 15 is 0 Å². The van der Waals surface area contributed by atoms with E-state index < -0.39 is 6.23 Å². The number of ether oxygens (including phenoxy) is 1. The molecule has 2 heterocycles. The maximum atomic E-state index is 12.0. The fourth-order valence-corrected chi connectivity index (χ4v) is 3.48. The van der Waals surface area contributed by atoms with Crippen LogP contribution in [0.1, 0.15) is 33.1 Å². The molecular weight excluding hydrogens is 284 g/mol. The van der Waals surface area contributed by atoms with E-state index in [1.807, 2.05) is 12.2 Å². The molecule has 0 radical (unpaired) electrons. The van der Waals surface area contributed by atoms with Crippen molar-refractivity contribution in [2.75, 3.05) is 6.54 Å². The highest BCUT2D eigenvalue weighted by atomic mass is 16.6. The molecular formula is C16H20N2O4. The zero-order chi connectivity index (χ0) is 15.9. The Morgan fingerprint density at radius 1 is 1.36 bits per heavy atom. The van der Waals surface area contributed by atoms with Crippen molar-refractivity contribution in [2.24, 2.45) is 0 Å². The van der Waals surface area contributed by atoms with Gasteiger partial charge in [0.2, 0.25) is 5.91 Å². The van der Waals surface area contributed by atoms with Gasteiger partial charge in [-0.25, -0.2) is 4.90 Å². The van der Waals surface area contributed by atoms with Gasteiger partial charge in [-0.05, 0) is 37.3 Å². The number of carbonyl (C=O) groups excluding carboxylic acids is 3. The molecule has 0 aromatic rings. The van der Waals surface area contributed by atoms with E-state index in [0.717, 1.165) is 17.6 Å². The van der Waals surface area contributed by atoms with Crippen LogP contribution in [0.5, 0.6) is 0 Å². The summed E-state index contributed by atoms with van der Waals surface area (Å²) in [6.07, 6.45) is 5.65. The first kappa shape index (κ1) is 15.0. The van der Waals surface area contributed by atoms with E-state index in [4.69, 9.17) is 4.74 Å². The van der Waals surface area contributed by atoms with Gasteiger partial charge >= 0.3 is 5.97 Å². The molecule has 6 heteroatoms. The number of amides is 1. The van der Waals surface area contributed by atoms with Crippen LogP contribution in [0, 0.1) is 0 Å². The van der Waals surface area contributed by atoms with Gasteiger partial charge in [0.05, 0.1) is 6.54 Å². The van der Waals surface area contributed by atoms with Crippen LogP contribution in [-0.4, -0.2) is 47.4 Å². The van der Waals surface area contributed by atoms with Crippen LogP contribution < -0.4 is 5.32 Å². The van der Waals surface area contributed by atoms with Crippen LogP contribution in [-0.2, 0) is 19.1 Å². The standard InChI is InChI=1S/C16H20N2O4/c1-9(19)11-3-5-13-12(7-11)4-6-14-16(21)22-15(18(13)14)8-17-10(2)20/h4,7,13-15H,3,5-6,8H2,1-2H3,(H,17,20). The number of hydrogen-bond acceptors (Lipinski definition) is 5. The molecule has 1 N–H and O–H groups in total. The average Bonchev–Trinajstić information content (AvgIpc) is 2.81. The molecule has 3 unspecified atom stereocenters. The van der Waals surface area contributed by atoms with Crippen molar-refractivity contribution in [2.45, 2.75) is 51.4 Å². The van der Waals surface area contributed by atoms with E-state index in [2.05, 4.69) is 10.2 Å². The summed E-state index contributed by atoms with van der Waals surface area (Å²) in [5.74, 6) is -0.272. The number of allylic oxidation sites excluding steroid dienone is 1. The SMILES string of the molecule is CC(=O)NCC1OC(=O)C2CC=C3C=C(C(C)=O)CCC3N12. The van der Waals surface area contributed by atoms with Gasteiger partial charge < -0.3 is 10.1 Å². The van der Waals surface area contributed by atoms with Gasteiger partial charge in [-0.3, -0.25) is 14.4 Å². The van der Waals surface area contributed by atoms with Crippen LogP contribution in [0.2, 0.25) is 0 Å². The molecule has 0 aromatic heterocycles. The quantitative estimate of drug-likeness (QED) is 0.776. The Morgan fingerprint density at radius 3 is 2.82 bits per heavy atom. The predicted octanol–water partition coefficient (Wildman–Crippen LogP) is 0.684. The van der Waals surface area contributed by atoms with Crippen molar-refractivity contribution in [1.29, 1.82) is 0 Å². The highest BCUT2D eigenvalue weighted by Crippen LogP contribution is 2.37. The van der Waals surface area contributed by atoms with Gasteiger partial charge in [-0.2, -0.15) is 0 Å².